The van der Waals surface area contributed by atoms with Gasteiger partial charge < -0.3 is 9.67 Å². The largest absolute Gasteiger partial charge is 0.478 e. The molecule has 2 aromatic rings. The highest BCUT2D eigenvalue weighted by Gasteiger charge is 2.14. The third kappa shape index (κ3) is 3.63. The molecule has 114 valence electrons. The lowest BCUT2D eigenvalue weighted by Crippen LogP contribution is -2.01. The van der Waals surface area contributed by atoms with Crippen molar-refractivity contribution in [3.8, 4) is 0 Å². The van der Waals surface area contributed by atoms with Crippen LogP contribution >= 0.6 is 0 Å². The van der Waals surface area contributed by atoms with Crippen LogP contribution < -0.4 is 0 Å². The molecule has 0 aliphatic carbocycles. The van der Waals surface area contributed by atoms with Gasteiger partial charge in [0, 0.05) is 6.54 Å². The first-order valence-corrected chi connectivity index (χ1v) is 7.84. The van der Waals surface area contributed by atoms with Gasteiger partial charge in [0.2, 0.25) is 0 Å². The highest BCUT2D eigenvalue weighted by atomic mass is 16.4. The lowest BCUT2D eigenvalue weighted by molar-refractivity contribution is 0.0699. The molecular formula is C17H24N2O2. The molecule has 0 atom stereocenters. The third-order valence-corrected chi connectivity index (χ3v) is 3.94. The standard InChI is InChI=1S/C17H24N2O2/c1-3-4-5-6-7-8-12-19-13(2)18-16-14(17(20)21)10-9-11-15(16)19/h9-11H,3-8,12H2,1-2H3,(H,20,21). The summed E-state index contributed by atoms with van der Waals surface area (Å²) in [5, 5.41) is 9.23. The minimum atomic E-state index is -0.912. The van der Waals surface area contributed by atoms with Crippen molar-refractivity contribution in [1.82, 2.24) is 9.55 Å². The van der Waals surface area contributed by atoms with Gasteiger partial charge in [-0.25, -0.2) is 9.78 Å². The molecule has 0 radical (unpaired) electrons. The molecule has 0 saturated carbocycles. The second-order valence-electron chi connectivity index (χ2n) is 5.56. The number of rotatable bonds is 8. The van der Waals surface area contributed by atoms with E-state index in [1.165, 1.54) is 32.1 Å². The molecule has 1 N–H and O–H groups in total. The molecule has 1 heterocycles. The fraction of sp³-hybridized carbons (Fsp3) is 0.529. The number of unbranched alkanes of at least 4 members (excludes halogenated alkanes) is 5. The quantitative estimate of drug-likeness (QED) is 0.732. The van der Waals surface area contributed by atoms with E-state index < -0.39 is 5.97 Å². The van der Waals surface area contributed by atoms with Gasteiger partial charge in [-0.2, -0.15) is 0 Å². The zero-order chi connectivity index (χ0) is 15.2. The zero-order valence-corrected chi connectivity index (χ0v) is 12.9. The minimum Gasteiger partial charge on any atom is -0.478 e. The Balaban J connectivity index is 2.08. The van der Waals surface area contributed by atoms with Crippen LogP contribution in [0.3, 0.4) is 0 Å². The SMILES string of the molecule is CCCCCCCCn1c(C)nc2c(C(=O)O)cccc21. The van der Waals surface area contributed by atoms with Gasteiger partial charge in [0.1, 0.15) is 11.3 Å². The van der Waals surface area contributed by atoms with Crippen LogP contribution in [-0.4, -0.2) is 20.6 Å². The highest BCUT2D eigenvalue weighted by molar-refractivity contribution is 6.01. The first kappa shape index (κ1) is 15.5. The number of carbonyl (C=O) groups is 1. The van der Waals surface area contributed by atoms with Crippen molar-refractivity contribution < 1.29 is 9.90 Å². The molecule has 1 aromatic heterocycles. The van der Waals surface area contributed by atoms with Gasteiger partial charge in [-0.3, -0.25) is 0 Å². The molecule has 0 fully saturated rings. The summed E-state index contributed by atoms with van der Waals surface area (Å²) >= 11 is 0. The molecule has 0 amide bonds. The van der Waals surface area contributed by atoms with E-state index in [1.54, 1.807) is 12.1 Å². The number of hydrogen-bond acceptors (Lipinski definition) is 2. The molecule has 21 heavy (non-hydrogen) atoms. The lowest BCUT2D eigenvalue weighted by Gasteiger charge is -2.07. The van der Waals surface area contributed by atoms with Crippen molar-refractivity contribution in [2.75, 3.05) is 0 Å². The van der Waals surface area contributed by atoms with E-state index in [9.17, 15) is 9.90 Å². The van der Waals surface area contributed by atoms with Crippen molar-refractivity contribution in [1.29, 1.82) is 0 Å². The summed E-state index contributed by atoms with van der Waals surface area (Å²) in [6.07, 6.45) is 7.51. The fourth-order valence-electron chi connectivity index (χ4n) is 2.77. The van der Waals surface area contributed by atoms with E-state index in [2.05, 4.69) is 16.5 Å². The fourth-order valence-corrected chi connectivity index (χ4v) is 2.77. The maximum Gasteiger partial charge on any atom is 0.337 e. The average Bonchev–Trinajstić information content (AvgIpc) is 2.78. The van der Waals surface area contributed by atoms with Crippen LogP contribution in [0, 0.1) is 6.92 Å². The zero-order valence-electron chi connectivity index (χ0n) is 12.9. The summed E-state index contributed by atoms with van der Waals surface area (Å²) in [4.78, 5) is 15.7. The number of para-hydroxylation sites is 1. The molecular weight excluding hydrogens is 264 g/mol. The van der Waals surface area contributed by atoms with Crippen LogP contribution in [0.5, 0.6) is 0 Å². The Morgan fingerprint density at radius 2 is 1.90 bits per heavy atom. The number of imidazole rings is 1. The van der Waals surface area contributed by atoms with E-state index in [0.29, 0.717) is 5.52 Å². The van der Waals surface area contributed by atoms with Crippen molar-refractivity contribution in [2.24, 2.45) is 0 Å². The lowest BCUT2D eigenvalue weighted by atomic mass is 10.1. The maximum atomic E-state index is 11.2. The van der Waals surface area contributed by atoms with Crippen molar-refractivity contribution in [2.45, 2.75) is 58.9 Å². The summed E-state index contributed by atoms with van der Waals surface area (Å²) < 4.78 is 2.14. The topological polar surface area (TPSA) is 55.1 Å². The van der Waals surface area contributed by atoms with Crippen LogP contribution in [0.25, 0.3) is 11.0 Å². The molecule has 0 aliphatic heterocycles. The molecule has 1 aromatic carbocycles. The van der Waals surface area contributed by atoms with Crippen LogP contribution in [0.15, 0.2) is 18.2 Å². The number of aromatic carboxylic acids is 1. The second kappa shape index (κ2) is 7.25. The van der Waals surface area contributed by atoms with Gasteiger partial charge in [0.15, 0.2) is 0 Å². The predicted molar refractivity (Wildman–Crippen MR) is 84.8 cm³/mol. The Kier molecular flexibility index (Phi) is 5.37. The van der Waals surface area contributed by atoms with Gasteiger partial charge in [-0.1, -0.05) is 45.1 Å². The first-order chi connectivity index (χ1) is 10.1. The number of fused-ring (bicyclic) bond motifs is 1. The first-order valence-electron chi connectivity index (χ1n) is 7.84. The molecule has 0 saturated heterocycles. The monoisotopic (exact) mass is 288 g/mol. The number of nitrogens with zero attached hydrogens (tertiary/aromatic N) is 2. The predicted octanol–water partition coefficient (Wildman–Crippen LogP) is 4.40. The van der Waals surface area contributed by atoms with E-state index >= 15 is 0 Å². The van der Waals surface area contributed by atoms with E-state index in [1.807, 2.05) is 13.0 Å². The summed E-state index contributed by atoms with van der Waals surface area (Å²) in [5.74, 6) is -0.0166. The highest BCUT2D eigenvalue weighted by Crippen LogP contribution is 2.21. The number of aromatic nitrogens is 2. The third-order valence-electron chi connectivity index (χ3n) is 3.94. The van der Waals surface area contributed by atoms with Gasteiger partial charge in [0.25, 0.3) is 0 Å². The molecule has 2 rings (SSSR count). The molecule has 4 heteroatoms. The summed E-state index contributed by atoms with van der Waals surface area (Å²) in [6, 6.07) is 5.37. The van der Waals surface area contributed by atoms with Crippen molar-refractivity contribution in [3.63, 3.8) is 0 Å². The van der Waals surface area contributed by atoms with Gasteiger partial charge >= 0.3 is 5.97 Å². The number of carboxylic acids is 1. The van der Waals surface area contributed by atoms with Gasteiger partial charge in [-0.15, -0.1) is 0 Å². The number of benzene rings is 1. The molecule has 0 aliphatic rings. The number of carboxylic acid groups (broad SMARTS) is 1. The van der Waals surface area contributed by atoms with Crippen LogP contribution in [0.4, 0.5) is 0 Å². The maximum absolute atomic E-state index is 11.2. The molecule has 0 unspecified atom stereocenters. The van der Waals surface area contributed by atoms with Crippen molar-refractivity contribution in [3.05, 3.63) is 29.6 Å². The van der Waals surface area contributed by atoms with E-state index in [-0.39, 0.29) is 5.56 Å². The normalized spacial score (nSPS) is 11.1. The summed E-state index contributed by atoms with van der Waals surface area (Å²) in [7, 11) is 0. The minimum absolute atomic E-state index is 0.289. The van der Waals surface area contributed by atoms with Crippen LogP contribution in [-0.2, 0) is 6.54 Å². The van der Waals surface area contributed by atoms with Gasteiger partial charge in [0.05, 0.1) is 11.1 Å². The Morgan fingerprint density at radius 1 is 1.19 bits per heavy atom. The van der Waals surface area contributed by atoms with Gasteiger partial charge in [-0.05, 0) is 25.5 Å². The Labute approximate surface area is 125 Å². The van der Waals surface area contributed by atoms with Crippen LogP contribution in [0.1, 0.15) is 61.6 Å². The summed E-state index contributed by atoms with van der Waals surface area (Å²) in [5.41, 5.74) is 1.83. The molecule has 0 spiro atoms. The second-order valence-corrected chi connectivity index (χ2v) is 5.56. The Bertz CT molecular complexity index is 617. The molecule has 0 bridgehead atoms. The summed E-state index contributed by atoms with van der Waals surface area (Å²) in [6.45, 7) is 5.08. The number of aryl methyl sites for hydroxylation is 2. The Morgan fingerprint density at radius 3 is 2.62 bits per heavy atom. The van der Waals surface area contributed by atoms with Crippen molar-refractivity contribution >= 4 is 17.0 Å². The smallest absolute Gasteiger partial charge is 0.337 e. The average molecular weight is 288 g/mol. The van der Waals surface area contributed by atoms with E-state index in [0.717, 1.165) is 24.3 Å². The Hall–Kier alpha value is -1.84. The molecule has 4 nitrogen and oxygen atoms in total. The van der Waals surface area contributed by atoms with Crippen LogP contribution in [0.2, 0.25) is 0 Å². The number of hydrogen-bond donors (Lipinski definition) is 1. The van der Waals surface area contributed by atoms with E-state index in [4.69, 9.17) is 0 Å².